The van der Waals surface area contributed by atoms with Crippen molar-refractivity contribution in [1.82, 2.24) is 4.98 Å². The van der Waals surface area contributed by atoms with Crippen molar-refractivity contribution in [3.8, 4) is 5.75 Å². The van der Waals surface area contributed by atoms with Crippen LogP contribution in [0.4, 0.5) is 14.6 Å². The van der Waals surface area contributed by atoms with E-state index in [1.165, 1.54) is 0 Å². The number of ether oxygens (including phenoxy) is 1. The van der Waals surface area contributed by atoms with Gasteiger partial charge in [-0.05, 0) is 4.92 Å². The molecule has 1 heterocycles. The first kappa shape index (κ1) is 11.1. The monoisotopic (exact) mass is 220 g/mol. The number of hydrogen-bond donors (Lipinski definition) is 1. The summed E-state index contributed by atoms with van der Waals surface area (Å²) in [5.41, 5.74) is -2.06. The highest BCUT2D eigenvalue weighted by Gasteiger charge is 2.22. The number of halogens is 2. The molecule has 0 aliphatic heterocycles. The summed E-state index contributed by atoms with van der Waals surface area (Å²) in [5.74, 6) is -1.15. The fourth-order valence-electron chi connectivity index (χ4n) is 0.970. The van der Waals surface area contributed by atoms with E-state index in [2.05, 4.69) is 4.74 Å². The van der Waals surface area contributed by atoms with E-state index in [1.807, 2.05) is 0 Å². The third-order valence-electron chi connectivity index (χ3n) is 1.65. The molecule has 0 atom stereocenters. The molecule has 1 rings (SSSR count). The Bertz CT molecular complexity index is 443. The van der Waals surface area contributed by atoms with Gasteiger partial charge in [0.2, 0.25) is 5.75 Å². The maximum atomic E-state index is 12.2. The van der Waals surface area contributed by atoms with Crippen molar-refractivity contribution >= 4 is 5.82 Å². The first-order valence-electron chi connectivity index (χ1n) is 3.71. The summed E-state index contributed by atoms with van der Waals surface area (Å²) in [5, 5.41) is 10.4. The van der Waals surface area contributed by atoms with Gasteiger partial charge < -0.3 is 14.9 Å². The quantitative estimate of drug-likeness (QED) is 0.613. The van der Waals surface area contributed by atoms with Crippen molar-refractivity contribution in [3.05, 3.63) is 32.1 Å². The molecule has 6 nitrogen and oxygen atoms in total. The SMILES string of the molecule is COc1cc(C(F)F)c(=O)[nH]c1[N+](=O)[O-]. The average molecular weight is 220 g/mol. The zero-order valence-electron chi connectivity index (χ0n) is 7.49. The van der Waals surface area contributed by atoms with Crippen molar-refractivity contribution in [1.29, 1.82) is 0 Å². The number of aromatic nitrogens is 1. The lowest BCUT2D eigenvalue weighted by molar-refractivity contribution is -0.390. The summed E-state index contributed by atoms with van der Waals surface area (Å²) in [6.45, 7) is 0. The highest BCUT2D eigenvalue weighted by atomic mass is 19.3. The summed E-state index contributed by atoms with van der Waals surface area (Å²) >= 11 is 0. The molecular formula is C7H6F2N2O4. The van der Waals surface area contributed by atoms with Crippen molar-refractivity contribution < 1.29 is 18.4 Å². The van der Waals surface area contributed by atoms with Gasteiger partial charge in [0.05, 0.1) is 7.11 Å². The predicted molar refractivity (Wildman–Crippen MR) is 45.2 cm³/mol. The summed E-state index contributed by atoms with van der Waals surface area (Å²) in [6, 6.07) is 0.654. The molecule has 1 aromatic heterocycles. The molecule has 0 aliphatic rings. The fourth-order valence-corrected chi connectivity index (χ4v) is 0.970. The molecule has 0 amide bonds. The number of nitrogens with zero attached hydrogens (tertiary/aromatic N) is 1. The van der Waals surface area contributed by atoms with Crippen LogP contribution in [0.1, 0.15) is 12.0 Å². The molecule has 0 fully saturated rings. The second-order valence-corrected chi connectivity index (χ2v) is 2.53. The van der Waals surface area contributed by atoms with Gasteiger partial charge in [0.15, 0.2) is 0 Å². The van der Waals surface area contributed by atoms with E-state index in [4.69, 9.17) is 0 Å². The Balaban J connectivity index is 3.42. The van der Waals surface area contributed by atoms with E-state index >= 15 is 0 Å². The van der Waals surface area contributed by atoms with Gasteiger partial charge in [-0.2, -0.15) is 4.98 Å². The molecule has 0 unspecified atom stereocenters. The molecule has 0 bridgehead atoms. The number of pyridine rings is 1. The summed E-state index contributed by atoms with van der Waals surface area (Å²) < 4.78 is 29.0. The molecule has 1 N–H and O–H groups in total. The number of H-pyrrole nitrogens is 1. The van der Waals surface area contributed by atoms with Crippen LogP contribution < -0.4 is 10.3 Å². The smallest absolute Gasteiger partial charge is 0.366 e. The number of rotatable bonds is 3. The molecule has 0 saturated heterocycles. The Kier molecular flexibility index (Phi) is 2.98. The lowest BCUT2D eigenvalue weighted by Gasteiger charge is -2.03. The van der Waals surface area contributed by atoms with E-state index in [0.717, 1.165) is 7.11 Å². The van der Waals surface area contributed by atoms with Gasteiger partial charge >= 0.3 is 11.4 Å². The first-order chi connectivity index (χ1) is 6.97. The summed E-state index contributed by atoms with van der Waals surface area (Å²) in [6.07, 6.45) is -3.01. The maximum absolute atomic E-state index is 12.2. The molecule has 0 aromatic carbocycles. The Hall–Kier alpha value is -1.99. The average Bonchev–Trinajstić information content (AvgIpc) is 2.16. The predicted octanol–water partition coefficient (Wildman–Crippen LogP) is 1.23. The molecule has 8 heteroatoms. The van der Waals surface area contributed by atoms with Crippen LogP contribution in [0.3, 0.4) is 0 Å². The first-order valence-corrected chi connectivity index (χ1v) is 3.71. The fraction of sp³-hybridized carbons (Fsp3) is 0.286. The summed E-state index contributed by atoms with van der Waals surface area (Å²) in [7, 11) is 1.08. The number of aromatic amines is 1. The second kappa shape index (κ2) is 4.03. The van der Waals surface area contributed by atoms with Crippen LogP contribution >= 0.6 is 0 Å². The number of methoxy groups -OCH3 is 1. The Labute approximate surface area is 81.6 Å². The van der Waals surface area contributed by atoms with Gasteiger partial charge in [0.1, 0.15) is 5.56 Å². The molecular weight excluding hydrogens is 214 g/mol. The number of alkyl halides is 2. The van der Waals surface area contributed by atoms with Crippen LogP contribution in [0, 0.1) is 10.1 Å². The lowest BCUT2D eigenvalue weighted by Crippen LogP contribution is -2.15. The molecule has 0 saturated carbocycles. The van der Waals surface area contributed by atoms with E-state index < -0.39 is 34.0 Å². The molecule has 15 heavy (non-hydrogen) atoms. The van der Waals surface area contributed by atoms with Crippen molar-refractivity contribution in [2.24, 2.45) is 0 Å². The molecule has 82 valence electrons. The zero-order valence-corrected chi connectivity index (χ0v) is 7.49. The summed E-state index contributed by atoms with van der Waals surface area (Å²) in [4.78, 5) is 22.1. The molecule has 0 radical (unpaired) electrons. The van der Waals surface area contributed by atoms with Gasteiger partial charge in [-0.1, -0.05) is 0 Å². The minimum absolute atomic E-state index is 0.408. The van der Waals surface area contributed by atoms with E-state index in [-0.39, 0.29) is 0 Å². The van der Waals surface area contributed by atoms with Crippen LogP contribution in [0.15, 0.2) is 10.9 Å². The minimum atomic E-state index is -3.01. The zero-order chi connectivity index (χ0) is 11.6. The van der Waals surface area contributed by atoms with Crippen molar-refractivity contribution in [2.45, 2.75) is 6.43 Å². The Morgan fingerprint density at radius 1 is 1.60 bits per heavy atom. The van der Waals surface area contributed by atoms with E-state index in [9.17, 15) is 23.7 Å². The van der Waals surface area contributed by atoms with Crippen LogP contribution in [-0.4, -0.2) is 17.0 Å². The standard InChI is InChI=1S/C7H6F2N2O4/c1-15-4-2-3(5(8)9)7(12)10-6(4)11(13)14/h2,5H,1H3,(H,10,12). The van der Waals surface area contributed by atoms with Crippen LogP contribution in [-0.2, 0) is 0 Å². The van der Waals surface area contributed by atoms with Gasteiger partial charge in [0, 0.05) is 6.07 Å². The molecule has 0 aliphatic carbocycles. The van der Waals surface area contributed by atoms with Crippen LogP contribution in [0.2, 0.25) is 0 Å². The highest BCUT2D eigenvalue weighted by Crippen LogP contribution is 2.26. The van der Waals surface area contributed by atoms with Crippen molar-refractivity contribution in [2.75, 3.05) is 7.11 Å². The minimum Gasteiger partial charge on any atom is -0.489 e. The van der Waals surface area contributed by atoms with Crippen LogP contribution in [0.5, 0.6) is 5.75 Å². The largest absolute Gasteiger partial charge is 0.489 e. The molecule has 1 aromatic rings. The van der Waals surface area contributed by atoms with Gasteiger partial charge in [-0.25, -0.2) is 13.6 Å². The van der Waals surface area contributed by atoms with Crippen molar-refractivity contribution in [3.63, 3.8) is 0 Å². The lowest BCUT2D eigenvalue weighted by atomic mass is 10.2. The van der Waals surface area contributed by atoms with Gasteiger partial charge in [-0.15, -0.1) is 0 Å². The topological polar surface area (TPSA) is 85.2 Å². The second-order valence-electron chi connectivity index (χ2n) is 2.53. The highest BCUT2D eigenvalue weighted by molar-refractivity contribution is 5.41. The number of nitro groups is 1. The maximum Gasteiger partial charge on any atom is 0.366 e. The van der Waals surface area contributed by atoms with E-state index in [1.54, 1.807) is 4.98 Å². The third-order valence-corrected chi connectivity index (χ3v) is 1.65. The normalized spacial score (nSPS) is 10.4. The molecule has 0 spiro atoms. The van der Waals surface area contributed by atoms with Gasteiger partial charge in [-0.3, -0.25) is 0 Å². The Morgan fingerprint density at radius 2 is 2.20 bits per heavy atom. The van der Waals surface area contributed by atoms with E-state index in [0.29, 0.717) is 6.07 Å². The third kappa shape index (κ3) is 2.09. The van der Waals surface area contributed by atoms with Gasteiger partial charge in [0.25, 0.3) is 6.43 Å². The number of nitrogens with one attached hydrogen (secondary N) is 1. The Morgan fingerprint density at radius 3 is 2.60 bits per heavy atom. The number of hydrogen-bond acceptors (Lipinski definition) is 4. The van der Waals surface area contributed by atoms with Crippen LogP contribution in [0.25, 0.3) is 0 Å².